The first kappa shape index (κ1) is 23.6. The van der Waals surface area contributed by atoms with Crippen LogP contribution in [0.15, 0.2) is 48.8 Å². The Morgan fingerprint density at radius 1 is 1.24 bits per heavy atom. The van der Waals surface area contributed by atoms with Crippen molar-refractivity contribution >= 4 is 23.1 Å². The SMILES string of the molecule is CN(C)CCc1nc(Nc2ccc(-c3cnc4cc(F)ccn34)c3c2C(=O)NC3)ccc1[C@H]1CCOC1. The number of rotatable bonds is 7. The minimum Gasteiger partial charge on any atom is -0.381 e. The molecule has 2 aliphatic rings. The fraction of sp³-hybridized carbons (Fsp3) is 0.321. The summed E-state index contributed by atoms with van der Waals surface area (Å²) >= 11 is 0. The molecule has 2 aliphatic heterocycles. The van der Waals surface area contributed by atoms with Crippen LogP contribution in [0.2, 0.25) is 0 Å². The molecule has 3 aromatic heterocycles. The van der Waals surface area contributed by atoms with Crippen LogP contribution >= 0.6 is 0 Å². The molecule has 0 saturated carbocycles. The van der Waals surface area contributed by atoms with Crippen LogP contribution in [-0.4, -0.2) is 59.0 Å². The Kier molecular flexibility index (Phi) is 6.10. The van der Waals surface area contributed by atoms with Crippen molar-refractivity contribution in [2.45, 2.75) is 25.3 Å². The number of carbonyl (C=O) groups excluding carboxylic acids is 1. The summed E-state index contributed by atoms with van der Waals surface area (Å²) in [6.45, 7) is 2.82. The molecule has 0 aliphatic carbocycles. The number of halogens is 1. The van der Waals surface area contributed by atoms with Crippen molar-refractivity contribution in [2.24, 2.45) is 0 Å². The predicted molar refractivity (Wildman–Crippen MR) is 140 cm³/mol. The van der Waals surface area contributed by atoms with E-state index in [0.29, 0.717) is 35.2 Å². The zero-order valence-corrected chi connectivity index (χ0v) is 20.9. The van der Waals surface area contributed by atoms with E-state index in [4.69, 9.17) is 9.72 Å². The van der Waals surface area contributed by atoms with Gasteiger partial charge in [-0.25, -0.2) is 14.4 Å². The van der Waals surface area contributed by atoms with Crippen LogP contribution in [0.1, 0.15) is 39.5 Å². The number of amides is 1. The maximum atomic E-state index is 13.7. The van der Waals surface area contributed by atoms with E-state index >= 15 is 0 Å². The molecule has 8 nitrogen and oxygen atoms in total. The van der Waals surface area contributed by atoms with E-state index in [-0.39, 0.29) is 11.7 Å². The lowest BCUT2D eigenvalue weighted by atomic mass is 9.95. The quantitative estimate of drug-likeness (QED) is 0.397. The van der Waals surface area contributed by atoms with Crippen LogP contribution in [0.4, 0.5) is 15.9 Å². The first-order chi connectivity index (χ1) is 18.0. The van der Waals surface area contributed by atoms with Crippen molar-refractivity contribution in [2.75, 3.05) is 39.2 Å². The molecule has 0 spiro atoms. The van der Waals surface area contributed by atoms with Gasteiger partial charge in [0.15, 0.2) is 0 Å². The van der Waals surface area contributed by atoms with Crippen LogP contribution in [0.5, 0.6) is 0 Å². The van der Waals surface area contributed by atoms with E-state index < -0.39 is 0 Å². The Morgan fingerprint density at radius 3 is 2.95 bits per heavy atom. The molecule has 9 heteroatoms. The van der Waals surface area contributed by atoms with E-state index in [1.54, 1.807) is 12.4 Å². The van der Waals surface area contributed by atoms with Gasteiger partial charge >= 0.3 is 0 Å². The minimum absolute atomic E-state index is 0.133. The lowest BCUT2D eigenvalue weighted by molar-refractivity contribution is 0.0966. The van der Waals surface area contributed by atoms with Crippen molar-refractivity contribution < 1.29 is 13.9 Å². The van der Waals surface area contributed by atoms with Gasteiger partial charge in [-0.05, 0) is 49.8 Å². The van der Waals surface area contributed by atoms with Crippen molar-refractivity contribution in [1.82, 2.24) is 24.6 Å². The molecule has 0 radical (unpaired) electrons. The lowest BCUT2D eigenvalue weighted by Crippen LogP contribution is -2.18. The van der Waals surface area contributed by atoms with Crippen LogP contribution < -0.4 is 10.6 Å². The standard InChI is InChI=1S/C28H29FN6O2/c1-34(2)10-8-22-19(17-9-12-37-16-17)4-6-25(32-22)33-23-5-3-20(21-14-31-28(36)27(21)23)24-15-30-26-13-18(29)7-11-35(24)26/h3-7,11,13,15,17H,8-10,12,14,16H2,1-2H3,(H,31,36)(H,32,33)/t17-/m0/s1. The number of nitrogens with zero attached hydrogens (tertiary/aromatic N) is 4. The highest BCUT2D eigenvalue weighted by Crippen LogP contribution is 2.36. The van der Waals surface area contributed by atoms with Gasteiger partial charge in [-0.3, -0.25) is 9.20 Å². The number of ether oxygens (including phenoxy) is 1. The molecule has 1 amide bonds. The summed E-state index contributed by atoms with van der Waals surface area (Å²) < 4.78 is 21.1. The van der Waals surface area contributed by atoms with Gasteiger partial charge < -0.3 is 20.3 Å². The number of fused-ring (bicyclic) bond motifs is 2. The van der Waals surface area contributed by atoms with Crippen LogP contribution in [0, 0.1) is 5.82 Å². The van der Waals surface area contributed by atoms with Crippen LogP contribution in [0.3, 0.4) is 0 Å². The van der Waals surface area contributed by atoms with Crippen molar-refractivity contribution in [1.29, 1.82) is 0 Å². The summed E-state index contributed by atoms with van der Waals surface area (Å²) in [5.41, 5.74) is 6.70. The van der Waals surface area contributed by atoms with E-state index in [9.17, 15) is 9.18 Å². The summed E-state index contributed by atoms with van der Waals surface area (Å²) in [6.07, 6.45) is 5.21. The number of anilines is 2. The highest BCUT2D eigenvalue weighted by Gasteiger charge is 2.28. The van der Waals surface area contributed by atoms with Gasteiger partial charge in [0.2, 0.25) is 0 Å². The van der Waals surface area contributed by atoms with Crippen molar-refractivity contribution in [3.63, 3.8) is 0 Å². The van der Waals surface area contributed by atoms with Crippen molar-refractivity contribution in [3.8, 4) is 11.3 Å². The second-order valence-electron chi connectivity index (χ2n) is 9.88. The second kappa shape index (κ2) is 9.57. The maximum absolute atomic E-state index is 13.7. The van der Waals surface area contributed by atoms with E-state index in [2.05, 4.69) is 40.7 Å². The minimum atomic E-state index is -0.338. The molecule has 4 aromatic rings. The molecule has 0 bridgehead atoms. The summed E-state index contributed by atoms with van der Waals surface area (Å²) in [5.74, 6) is 0.602. The van der Waals surface area contributed by atoms with Gasteiger partial charge in [0.25, 0.3) is 5.91 Å². The maximum Gasteiger partial charge on any atom is 0.254 e. The predicted octanol–water partition coefficient (Wildman–Crippen LogP) is 4.13. The number of hydrogen-bond acceptors (Lipinski definition) is 6. The average Bonchev–Trinajstić information content (AvgIpc) is 3.64. The number of likely N-dealkylation sites (N-methyl/N-ethyl adjacent to an activating group) is 1. The molecule has 6 rings (SSSR count). The fourth-order valence-electron chi connectivity index (χ4n) is 5.25. The van der Waals surface area contributed by atoms with Crippen LogP contribution in [-0.2, 0) is 17.7 Å². The monoisotopic (exact) mass is 500 g/mol. The third-order valence-electron chi connectivity index (χ3n) is 7.15. The smallest absolute Gasteiger partial charge is 0.254 e. The first-order valence-corrected chi connectivity index (χ1v) is 12.5. The average molecular weight is 501 g/mol. The number of carbonyl (C=O) groups is 1. The Bertz CT molecular complexity index is 1490. The number of hydrogen-bond donors (Lipinski definition) is 2. The van der Waals surface area contributed by atoms with E-state index in [1.165, 1.54) is 17.7 Å². The Hall–Kier alpha value is -3.82. The molecular formula is C28H29FN6O2. The molecule has 1 saturated heterocycles. The van der Waals surface area contributed by atoms with Gasteiger partial charge in [0, 0.05) is 55.6 Å². The van der Waals surface area contributed by atoms with E-state index in [0.717, 1.165) is 55.1 Å². The zero-order valence-electron chi connectivity index (χ0n) is 20.9. The highest BCUT2D eigenvalue weighted by molar-refractivity contribution is 6.06. The third kappa shape index (κ3) is 4.45. The third-order valence-corrected chi connectivity index (χ3v) is 7.15. The Labute approximate surface area is 214 Å². The number of imidazole rings is 1. The zero-order chi connectivity index (χ0) is 25.5. The molecule has 5 heterocycles. The summed E-state index contributed by atoms with van der Waals surface area (Å²) in [6, 6.07) is 10.8. The number of nitrogens with one attached hydrogen (secondary N) is 2. The van der Waals surface area contributed by atoms with Gasteiger partial charge in [-0.2, -0.15) is 0 Å². The first-order valence-electron chi connectivity index (χ1n) is 12.5. The summed E-state index contributed by atoms with van der Waals surface area (Å²) in [4.78, 5) is 24.4. The van der Waals surface area contributed by atoms with Gasteiger partial charge in [0.1, 0.15) is 17.3 Å². The summed E-state index contributed by atoms with van der Waals surface area (Å²) in [5, 5.41) is 6.36. The number of benzene rings is 1. The molecule has 0 unspecified atom stereocenters. The van der Waals surface area contributed by atoms with E-state index in [1.807, 2.05) is 22.6 Å². The highest BCUT2D eigenvalue weighted by atomic mass is 19.1. The summed E-state index contributed by atoms with van der Waals surface area (Å²) in [7, 11) is 4.12. The molecule has 37 heavy (non-hydrogen) atoms. The Morgan fingerprint density at radius 2 is 2.14 bits per heavy atom. The fourth-order valence-corrected chi connectivity index (χ4v) is 5.25. The number of pyridine rings is 2. The Balaban J connectivity index is 1.36. The topological polar surface area (TPSA) is 83.8 Å². The molecule has 190 valence electrons. The van der Waals surface area contributed by atoms with Gasteiger partial charge in [-0.1, -0.05) is 12.1 Å². The molecule has 1 aromatic carbocycles. The van der Waals surface area contributed by atoms with Crippen molar-refractivity contribution in [3.05, 3.63) is 77.0 Å². The lowest BCUT2D eigenvalue weighted by Gasteiger charge is -2.18. The largest absolute Gasteiger partial charge is 0.381 e. The van der Waals surface area contributed by atoms with Gasteiger partial charge in [-0.15, -0.1) is 0 Å². The van der Waals surface area contributed by atoms with Gasteiger partial charge in [0.05, 0.1) is 29.7 Å². The van der Waals surface area contributed by atoms with Crippen LogP contribution in [0.25, 0.3) is 16.9 Å². The molecule has 1 atom stereocenters. The number of aromatic nitrogens is 3. The second-order valence-corrected chi connectivity index (χ2v) is 9.88. The molecule has 2 N–H and O–H groups in total. The molecular weight excluding hydrogens is 471 g/mol. The normalized spacial score (nSPS) is 17.0. The molecule has 1 fully saturated rings.